The van der Waals surface area contributed by atoms with Gasteiger partial charge in [-0.1, -0.05) is 6.92 Å². The fraction of sp³-hybridized carbons (Fsp3) is 1.00. The first kappa shape index (κ1) is 11.3. The lowest BCUT2D eigenvalue weighted by Crippen LogP contribution is -2.32. The van der Waals surface area contributed by atoms with Crippen LogP contribution in [0.25, 0.3) is 0 Å². The molecule has 0 aromatic heterocycles. The van der Waals surface area contributed by atoms with Crippen molar-refractivity contribution in [2.24, 2.45) is 0 Å². The van der Waals surface area contributed by atoms with Crippen molar-refractivity contribution >= 4 is 11.8 Å². The van der Waals surface area contributed by atoms with Crippen LogP contribution in [-0.4, -0.2) is 34.8 Å². The van der Waals surface area contributed by atoms with Gasteiger partial charge in [-0.2, -0.15) is 11.8 Å². The Labute approximate surface area is 85.5 Å². The Morgan fingerprint density at radius 2 is 2.31 bits per heavy atom. The first-order valence-corrected chi connectivity index (χ1v) is 6.30. The molecule has 1 fully saturated rings. The molecule has 0 bridgehead atoms. The van der Waals surface area contributed by atoms with Crippen molar-refractivity contribution in [3.05, 3.63) is 0 Å². The van der Waals surface area contributed by atoms with Crippen molar-refractivity contribution < 1.29 is 5.11 Å². The number of rotatable bonds is 5. The Kier molecular flexibility index (Phi) is 5.14. The lowest BCUT2D eigenvalue weighted by molar-refractivity contribution is 0.186. The van der Waals surface area contributed by atoms with Gasteiger partial charge in [0, 0.05) is 17.8 Å². The van der Waals surface area contributed by atoms with Crippen LogP contribution in [0.3, 0.4) is 0 Å². The Morgan fingerprint density at radius 1 is 1.54 bits per heavy atom. The molecule has 0 spiro atoms. The molecule has 13 heavy (non-hydrogen) atoms. The monoisotopic (exact) mass is 203 g/mol. The van der Waals surface area contributed by atoms with Crippen molar-refractivity contribution in [3.63, 3.8) is 0 Å². The van der Waals surface area contributed by atoms with Crippen molar-refractivity contribution in [3.8, 4) is 0 Å². The molecule has 0 heterocycles. The summed E-state index contributed by atoms with van der Waals surface area (Å²) in [6.45, 7) is 4.80. The summed E-state index contributed by atoms with van der Waals surface area (Å²) in [4.78, 5) is 0. The van der Waals surface area contributed by atoms with Crippen LogP contribution in [0, 0.1) is 0 Å². The highest BCUT2D eigenvalue weighted by atomic mass is 32.2. The molecule has 2 unspecified atom stereocenters. The van der Waals surface area contributed by atoms with Crippen LogP contribution >= 0.6 is 11.8 Å². The first-order valence-electron chi connectivity index (χ1n) is 5.25. The number of hydrogen-bond donors (Lipinski definition) is 2. The van der Waals surface area contributed by atoms with E-state index in [4.69, 9.17) is 5.11 Å². The molecule has 78 valence electrons. The Balaban J connectivity index is 2.10. The van der Waals surface area contributed by atoms with E-state index < -0.39 is 0 Å². The number of thioether (sulfide) groups is 1. The summed E-state index contributed by atoms with van der Waals surface area (Å²) < 4.78 is 0. The van der Waals surface area contributed by atoms with Gasteiger partial charge in [0.25, 0.3) is 0 Å². The molecule has 0 radical (unpaired) electrons. The van der Waals surface area contributed by atoms with Crippen LogP contribution in [-0.2, 0) is 0 Å². The van der Waals surface area contributed by atoms with E-state index in [2.05, 4.69) is 24.0 Å². The molecule has 3 heteroatoms. The Bertz CT molecular complexity index is 141. The Morgan fingerprint density at radius 3 is 2.92 bits per heavy atom. The van der Waals surface area contributed by atoms with Gasteiger partial charge in [-0.15, -0.1) is 0 Å². The zero-order valence-electron chi connectivity index (χ0n) is 8.62. The van der Waals surface area contributed by atoms with Crippen LogP contribution in [0.5, 0.6) is 0 Å². The SMILES string of the molecule is CCSC1CCC(NC[C@H](C)O)C1. The van der Waals surface area contributed by atoms with Crippen LogP contribution in [0.15, 0.2) is 0 Å². The van der Waals surface area contributed by atoms with Crippen LogP contribution in [0.4, 0.5) is 0 Å². The molecule has 0 aliphatic heterocycles. The third kappa shape index (κ3) is 4.34. The number of aliphatic hydroxyl groups is 1. The van der Waals surface area contributed by atoms with Gasteiger partial charge in [-0.05, 0) is 31.9 Å². The van der Waals surface area contributed by atoms with Crippen LogP contribution in [0.2, 0.25) is 0 Å². The topological polar surface area (TPSA) is 32.3 Å². The van der Waals surface area contributed by atoms with Crippen molar-refractivity contribution in [2.75, 3.05) is 12.3 Å². The summed E-state index contributed by atoms with van der Waals surface area (Å²) >= 11 is 2.07. The second-order valence-electron chi connectivity index (χ2n) is 3.84. The fourth-order valence-corrected chi connectivity index (χ4v) is 2.99. The molecular formula is C10H21NOS. The average Bonchev–Trinajstić information content (AvgIpc) is 2.50. The largest absolute Gasteiger partial charge is 0.392 e. The summed E-state index contributed by atoms with van der Waals surface area (Å²) in [6.07, 6.45) is 3.70. The molecule has 1 aliphatic carbocycles. The van der Waals surface area contributed by atoms with Gasteiger partial charge in [0.1, 0.15) is 0 Å². The summed E-state index contributed by atoms with van der Waals surface area (Å²) in [5.41, 5.74) is 0. The second-order valence-corrected chi connectivity index (χ2v) is 5.42. The van der Waals surface area contributed by atoms with E-state index in [0.29, 0.717) is 6.04 Å². The molecule has 3 atom stereocenters. The fourth-order valence-electron chi connectivity index (χ4n) is 1.85. The van der Waals surface area contributed by atoms with E-state index in [1.165, 1.54) is 25.0 Å². The standard InChI is InChI=1S/C10H21NOS/c1-3-13-10-5-4-9(6-10)11-7-8(2)12/h8-12H,3-7H2,1-2H3/t8-,9?,10?/m0/s1. The number of aliphatic hydroxyl groups excluding tert-OH is 1. The lowest BCUT2D eigenvalue weighted by Gasteiger charge is -2.14. The van der Waals surface area contributed by atoms with Crippen LogP contribution < -0.4 is 5.32 Å². The van der Waals surface area contributed by atoms with Gasteiger partial charge < -0.3 is 10.4 Å². The maximum atomic E-state index is 9.11. The van der Waals surface area contributed by atoms with E-state index in [0.717, 1.165) is 11.8 Å². The minimum atomic E-state index is -0.210. The van der Waals surface area contributed by atoms with Crippen molar-refractivity contribution in [1.29, 1.82) is 0 Å². The normalized spacial score (nSPS) is 30.7. The maximum Gasteiger partial charge on any atom is 0.0636 e. The predicted octanol–water partition coefficient (Wildman–Crippen LogP) is 1.63. The molecule has 1 aliphatic rings. The highest BCUT2D eigenvalue weighted by Gasteiger charge is 2.23. The van der Waals surface area contributed by atoms with Gasteiger partial charge >= 0.3 is 0 Å². The summed E-state index contributed by atoms with van der Waals surface area (Å²) in [7, 11) is 0. The lowest BCUT2D eigenvalue weighted by atomic mass is 10.2. The van der Waals surface area contributed by atoms with Gasteiger partial charge in [0.15, 0.2) is 0 Å². The van der Waals surface area contributed by atoms with Crippen molar-refractivity contribution in [1.82, 2.24) is 5.32 Å². The molecule has 1 rings (SSSR count). The van der Waals surface area contributed by atoms with E-state index in [-0.39, 0.29) is 6.10 Å². The van der Waals surface area contributed by atoms with Gasteiger partial charge in [0.2, 0.25) is 0 Å². The maximum absolute atomic E-state index is 9.11. The molecule has 1 saturated carbocycles. The molecule has 0 saturated heterocycles. The van der Waals surface area contributed by atoms with E-state index in [1.54, 1.807) is 0 Å². The van der Waals surface area contributed by atoms with Crippen LogP contribution in [0.1, 0.15) is 33.1 Å². The van der Waals surface area contributed by atoms with Gasteiger partial charge in [-0.3, -0.25) is 0 Å². The molecule has 0 aromatic rings. The smallest absolute Gasteiger partial charge is 0.0636 e. The first-order chi connectivity index (χ1) is 6.22. The third-order valence-electron chi connectivity index (χ3n) is 2.49. The molecule has 2 N–H and O–H groups in total. The molecule has 2 nitrogen and oxygen atoms in total. The number of hydrogen-bond acceptors (Lipinski definition) is 3. The zero-order valence-corrected chi connectivity index (χ0v) is 9.44. The highest BCUT2D eigenvalue weighted by molar-refractivity contribution is 7.99. The van der Waals surface area contributed by atoms with E-state index >= 15 is 0 Å². The predicted molar refractivity (Wildman–Crippen MR) is 59.2 cm³/mol. The van der Waals surface area contributed by atoms with Crippen molar-refractivity contribution in [2.45, 2.75) is 50.5 Å². The summed E-state index contributed by atoms with van der Waals surface area (Å²) in [5.74, 6) is 1.23. The minimum Gasteiger partial charge on any atom is -0.392 e. The van der Waals surface area contributed by atoms with E-state index in [1.807, 2.05) is 6.92 Å². The third-order valence-corrected chi connectivity index (χ3v) is 3.72. The highest BCUT2D eigenvalue weighted by Crippen LogP contribution is 2.29. The quantitative estimate of drug-likeness (QED) is 0.712. The van der Waals surface area contributed by atoms with Gasteiger partial charge in [-0.25, -0.2) is 0 Å². The molecule has 0 amide bonds. The van der Waals surface area contributed by atoms with E-state index in [9.17, 15) is 0 Å². The zero-order chi connectivity index (χ0) is 9.68. The minimum absolute atomic E-state index is 0.210. The second kappa shape index (κ2) is 5.89. The summed E-state index contributed by atoms with van der Waals surface area (Å²) in [6, 6.07) is 0.652. The summed E-state index contributed by atoms with van der Waals surface area (Å²) in [5, 5.41) is 13.4. The average molecular weight is 203 g/mol. The molecule has 0 aromatic carbocycles. The van der Waals surface area contributed by atoms with Gasteiger partial charge in [0.05, 0.1) is 6.10 Å². The number of nitrogens with one attached hydrogen (secondary N) is 1. The Hall–Kier alpha value is 0.270. The molecular weight excluding hydrogens is 182 g/mol.